The van der Waals surface area contributed by atoms with Crippen LogP contribution in [0.3, 0.4) is 0 Å². The summed E-state index contributed by atoms with van der Waals surface area (Å²) in [6.45, 7) is 1.67. The van der Waals surface area contributed by atoms with Crippen molar-refractivity contribution < 1.29 is 4.39 Å². The molecule has 76 valence electrons. The summed E-state index contributed by atoms with van der Waals surface area (Å²) in [6, 6.07) is 6.32. The molecule has 2 N–H and O–H groups in total. The normalized spacial score (nSPS) is 11.3. The molecule has 0 fully saturated rings. The van der Waals surface area contributed by atoms with Gasteiger partial charge in [-0.25, -0.2) is 4.39 Å². The number of hydrogen-bond acceptors (Lipinski definition) is 2. The molecule has 0 amide bonds. The highest BCUT2D eigenvalue weighted by Gasteiger charge is 2.10. The van der Waals surface area contributed by atoms with Gasteiger partial charge in [-0.1, -0.05) is 12.1 Å². The molecule has 0 saturated heterocycles. The van der Waals surface area contributed by atoms with Crippen LogP contribution >= 0.6 is 12.4 Å². The van der Waals surface area contributed by atoms with Gasteiger partial charge in [0.25, 0.3) is 0 Å². The van der Waals surface area contributed by atoms with Crippen LogP contribution in [0.25, 0.3) is 0 Å². The van der Waals surface area contributed by atoms with Gasteiger partial charge in [0.05, 0.1) is 12.5 Å². The van der Waals surface area contributed by atoms with Crippen molar-refractivity contribution in [3.63, 3.8) is 0 Å². The van der Waals surface area contributed by atoms with Crippen molar-refractivity contribution >= 4 is 12.4 Å². The summed E-state index contributed by atoms with van der Waals surface area (Å²) in [5, 5.41) is 8.43. The molecule has 1 aromatic carbocycles. The van der Waals surface area contributed by atoms with Crippen LogP contribution in [0, 0.1) is 24.1 Å². The Morgan fingerprint density at radius 2 is 2.21 bits per heavy atom. The van der Waals surface area contributed by atoms with Gasteiger partial charge in [0.1, 0.15) is 5.82 Å². The maximum absolute atomic E-state index is 13.0. The van der Waals surface area contributed by atoms with Crippen LogP contribution in [0.1, 0.15) is 23.6 Å². The smallest absolute Gasteiger partial charge is 0.126 e. The van der Waals surface area contributed by atoms with Gasteiger partial charge in [0, 0.05) is 6.04 Å². The molecule has 0 unspecified atom stereocenters. The average molecular weight is 215 g/mol. The van der Waals surface area contributed by atoms with Crippen LogP contribution in [0.5, 0.6) is 0 Å². The zero-order valence-corrected chi connectivity index (χ0v) is 8.64. The van der Waals surface area contributed by atoms with Crippen molar-refractivity contribution in [2.75, 3.05) is 0 Å². The molecule has 0 saturated carbocycles. The number of benzene rings is 1. The maximum atomic E-state index is 13.0. The summed E-state index contributed by atoms with van der Waals surface area (Å²) < 4.78 is 13.0. The molecule has 0 aliphatic rings. The highest BCUT2D eigenvalue weighted by Crippen LogP contribution is 2.19. The summed E-state index contributed by atoms with van der Waals surface area (Å²) in [4.78, 5) is 0. The SMILES string of the molecule is Cc1c(F)cccc1[C@H](N)CC#N.Cl. The number of nitrogens with zero attached hydrogens (tertiary/aromatic N) is 1. The molecular formula is C10H12ClFN2. The first-order chi connectivity index (χ1) is 6.16. The summed E-state index contributed by atoms with van der Waals surface area (Å²) in [7, 11) is 0. The van der Waals surface area contributed by atoms with Crippen LogP contribution in [0.2, 0.25) is 0 Å². The fourth-order valence-corrected chi connectivity index (χ4v) is 1.23. The Labute approximate surface area is 88.9 Å². The van der Waals surface area contributed by atoms with Gasteiger partial charge in [-0.15, -0.1) is 12.4 Å². The minimum atomic E-state index is -0.388. The van der Waals surface area contributed by atoms with Gasteiger partial charge in [0.15, 0.2) is 0 Å². The summed E-state index contributed by atoms with van der Waals surface area (Å²) in [6.07, 6.45) is 0.213. The molecule has 1 aromatic rings. The van der Waals surface area contributed by atoms with E-state index in [-0.39, 0.29) is 30.7 Å². The summed E-state index contributed by atoms with van der Waals surface area (Å²) in [5.41, 5.74) is 6.93. The number of nitrogens with two attached hydrogens (primary N) is 1. The predicted octanol–water partition coefficient (Wildman–Crippen LogP) is 2.47. The molecule has 0 aliphatic heterocycles. The second-order valence-corrected chi connectivity index (χ2v) is 2.92. The maximum Gasteiger partial charge on any atom is 0.126 e. The van der Waals surface area contributed by atoms with Gasteiger partial charge >= 0.3 is 0 Å². The van der Waals surface area contributed by atoms with E-state index >= 15 is 0 Å². The molecule has 0 aromatic heterocycles. The van der Waals surface area contributed by atoms with Crippen molar-refractivity contribution in [1.29, 1.82) is 5.26 Å². The first-order valence-corrected chi connectivity index (χ1v) is 4.04. The monoisotopic (exact) mass is 214 g/mol. The Kier molecular flexibility index (Phi) is 5.14. The van der Waals surface area contributed by atoms with E-state index in [1.807, 2.05) is 6.07 Å². The van der Waals surface area contributed by atoms with Crippen LogP contribution in [-0.4, -0.2) is 0 Å². The highest BCUT2D eigenvalue weighted by molar-refractivity contribution is 5.85. The Morgan fingerprint density at radius 3 is 2.79 bits per heavy atom. The van der Waals surface area contributed by atoms with Crippen LogP contribution in [0.15, 0.2) is 18.2 Å². The average Bonchev–Trinajstić information content (AvgIpc) is 2.10. The molecule has 14 heavy (non-hydrogen) atoms. The molecule has 0 bridgehead atoms. The van der Waals surface area contributed by atoms with Gasteiger partial charge in [-0.3, -0.25) is 0 Å². The van der Waals surface area contributed by atoms with Crippen molar-refractivity contribution in [2.45, 2.75) is 19.4 Å². The molecular weight excluding hydrogens is 203 g/mol. The number of nitriles is 1. The van der Waals surface area contributed by atoms with Gasteiger partial charge in [0.2, 0.25) is 0 Å². The Hall–Kier alpha value is -1.11. The Bertz CT molecular complexity index is 346. The molecule has 0 aliphatic carbocycles. The first kappa shape index (κ1) is 12.9. The van der Waals surface area contributed by atoms with Crippen LogP contribution in [-0.2, 0) is 0 Å². The predicted molar refractivity (Wildman–Crippen MR) is 55.5 cm³/mol. The zero-order chi connectivity index (χ0) is 9.84. The van der Waals surface area contributed by atoms with Crippen molar-refractivity contribution in [1.82, 2.24) is 0 Å². The largest absolute Gasteiger partial charge is 0.323 e. The second kappa shape index (κ2) is 5.58. The van der Waals surface area contributed by atoms with E-state index in [1.54, 1.807) is 19.1 Å². The minimum absolute atomic E-state index is 0. The molecule has 1 rings (SSSR count). The van der Waals surface area contributed by atoms with Crippen LogP contribution in [0.4, 0.5) is 4.39 Å². The fourth-order valence-electron chi connectivity index (χ4n) is 1.23. The lowest BCUT2D eigenvalue weighted by Gasteiger charge is -2.11. The summed E-state index contributed by atoms with van der Waals surface area (Å²) in [5.74, 6) is -0.272. The lowest BCUT2D eigenvalue weighted by Crippen LogP contribution is -2.11. The minimum Gasteiger partial charge on any atom is -0.323 e. The first-order valence-electron chi connectivity index (χ1n) is 4.04. The quantitative estimate of drug-likeness (QED) is 0.822. The van der Waals surface area contributed by atoms with E-state index in [9.17, 15) is 4.39 Å². The number of rotatable bonds is 2. The Balaban J connectivity index is 0.00000169. The molecule has 0 heterocycles. The standard InChI is InChI=1S/C10H11FN2.ClH/c1-7-8(10(13)5-6-12)3-2-4-9(7)11;/h2-4,10H,5,13H2,1H3;1H/t10-;/m1./s1. The molecule has 1 atom stereocenters. The molecule has 2 nitrogen and oxygen atoms in total. The number of halogens is 2. The molecule has 0 radical (unpaired) electrons. The van der Waals surface area contributed by atoms with E-state index in [1.165, 1.54) is 6.07 Å². The zero-order valence-electron chi connectivity index (χ0n) is 7.83. The van der Waals surface area contributed by atoms with Gasteiger partial charge in [-0.05, 0) is 24.1 Å². The molecule has 4 heteroatoms. The third kappa shape index (κ3) is 2.69. The summed E-state index contributed by atoms with van der Waals surface area (Å²) >= 11 is 0. The van der Waals surface area contributed by atoms with E-state index in [4.69, 9.17) is 11.0 Å². The lowest BCUT2D eigenvalue weighted by molar-refractivity contribution is 0.608. The highest BCUT2D eigenvalue weighted by atomic mass is 35.5. The van der Waals surface area contributed by atoms with E-state index in [2.05, 4.69) is 0 Å². The van der Waals surface area contributed by atoms with E-state index in [0.717, 1.165) is 0 Å². The topological polar surface area (TPSA) is 49.8 Å². The molecule has 0 spiro atoms. The van der Waals surface area contributed by atoms with Gasteiger partial charge in [-0.2, -0.15) is 5.26 Å². The van der Waals surface area contributed by atoms with Crippen molar-refractivity contribution in [3.8, 4) is 6.07 Å². The van der Waals surface area contributed by atoms with Gasteiger partial charge < -0.3 is 5.73 Å². The second-order valence-electron chi connectivity index (χ2n) is 2.92. The third-order valence-electron chi connectivity index (χ3n) is 2.02. The van der Waals surface area contributed by atoms with Crippen molar-refractivity contribution in [3.05, 3.63) is 35.1 Å². The van der Waals surface area contributed by atoms with E-state index < -0.39 is 0 Å². The van der Waals surface area contributed by atoms with Crippen LogP contribution < -0.4 is 5.73 Å². The van der Waals surface area contributed by atoms with E-state index in [0.29, 0.717) is 11.1 Å². The fraction of sp³-hybridized carbons (Fsp3) is 0.300. The third-order valence-corrected chi connectivity index (χ3v) is 2.02. The lowest BCUT2D eigenvalue weighted by atomic mass is 10.00. The Morgan fingerprint density at radius 1 is 1.57 bits per heavy atom. The number of hydrogen-bond donors (Lipinski definition) is 1. The van der Waals surface area contributed by atoms with Crippen molar-refractivity contribution in [2.24, 2.45) is 5.73 Å².